The van der Waals surface area contributed by atoms with Gasteiger partial charge in [0.15, 0.2) is 5.11 Å². The van der Waals surface area contributed by atoms with Crippen molar-refractivity contribution in [3.05, 3.63) is 47.8 Å². The fraction of sp³-hybridized carbons (Fsp3) is 0.154. The number of nitrogens with two attached hydrogens (primary N) is 1. The first-order valence-corrected chi connectivity index (χ1v) is 6.39. The van der Waals surface area contributed by atoms with Gasteiger partial charge in [0.1, 0.15) is 5.69 Å². The number of carbonyl (C=O) groups excluding carboxylic acids is 1. The van der Waals surface area contributed by atoms with Crippen molar-refractivity contribution < 1.29 is 4.79 Å². The predicted octanol–water partition coefficient (Wildman–Crippen LogP) is 1.01. The monoisotopic (exact) mass is 289 g/mol. The van der Waals surface area contributed by atoms with E-state index in [4.69, 9.17) is 18.0 Å². The Morgan fingerprint density at radius 1 is 1.40 bits per heavy atom. The second-order valence-electron chi connectivity index (χ2n) is 4.19. The van der Waals surface area contributed by atoms with Gasteiger partial charge in [-0.2, -0.15) is 5.10 Å². The molecule has 1 aromatic carbocycles. The first-order chi connectivity index (χ1) is 9.58. The first kappa shape index (κ1) is 14.0. The summed E-state index contributed by atoms with van der Waals surface area (Å²) >= 11 is 5.18. The second kappa shape index (κ2) is 6.16. The van der Waals surface area contributed by atoms with Crippen molar-refractivity contribution in [3.8, 4) is 0 Å². The van der Waals surface area contributed by atoms with Gasteiger partial charge in [0, 0.05) is 13.6 Å². The zero-order valence-electron chi connectivity index (χ0n) is 11.0. The molecule has 2 aromatic rings. The molecule has 7 heteroatoms. The third kappa shape index (κ3) is 3.33. The molecule has 0 aliphatic rings. The number of anilines is 1. The lowest BCUT2D eigenvalue weighted by Crippen LogP contribution is -2.29. The van der Waals surface area contributed by atoms with Crippen molar-refractivity contribution in [3.63, 3.8) is 0 Å². The summed E-state index contributed by atoms with van der Waals surface area (Å²) in [4.78, 5) is 11.3. The summed E-state index contributed by atoms with van der Waals surface area (Å²) in [5.41, 5.74) is 7.18. The highest BCUT2D eigenvalue weighted by Gasteiger charge is 2.14. The van der Waals surface area contributed by atoms with Crippen LogP contribution in [0.2, 0.25) is 0 Å². The Morgan fingerprint density at radius 3 is 2.75 bits per heavy atom. The maximum atomic E-state index is 11.3. The van der Waals surface area contributed by atoms with Crippen molar-refractivity contribution in [1.29, 1.82) is 0 Å². The van der Waals surface area contributed by atoms with Crippen molar-refractivity contribution in [1.82, 2.24) is 15.1 Å². The number of primary amides is 1. The summed E-state index contributed by atoms with van der Waals surface area (Å²) in [6.07, 6.45) is 1.51. The van der Waals surface area contributed by atoms with Gasteiger partial charge in [0.2, 0.25) is 0 Å². The molecule has 0 spiro atoms. The summed E-state index contributed by atoms with van der Waals surface area (Å²) in [7, 11) is 1.64. The van der Waals surface area contributed by atoms with Gasteiger partial charge in [-0.1, -0.05) is 30.3 Å². The molecule has 0 bridgehead atoms. The summed E-state index contributed by atoms with van der Waals surface area (Å²) in [5, 5.41) is 10.4. The molecule has 0 aliphatic carbocycles. The molecule has 1 amide bonds. The van der Waals surface area contributed by atoms with Crippen molar-refractivity contribution in [2.24, 2.45) is 12.8 Å². The van der Waals surface area contributed by atoms with Gasteiger partial charge in [-0.05, 0) is 17.8 Å². The molecular weight excluding hydrogens is 274 g/mol. The zero-order valence-corrected chi connectivity index (χ0v) is 11.8. The van der Waals surface area contributed by atoms with Crippen LogP contribution in [0.25, 0.3) is 0 Å². The molecule has 1 heterocycles. The van der Waals surface area contributed by atoms with E-state index in [1.165, 1.54) is 10.9 Å². The molecule has 0 saturated carbocycles. The fourth-order valence-corrected chi connectivity index (χ4v) is 1.95. The van der Waals surface area contributed by atoms with Crippen LogP contribution in [-0.2, 0) is 13.6 Å². The average molecular weight is 289 g/mol. The van der Waals surface area contributed by atoms with E-state index >= 15 is 0 Å². The molecule has 20 heavy (non-hydrogen) atoms. The van der Waals surface area contributed by atoms with Crippen LogP contribution in [0, 0.1) is 0 Å². The quantitative estimate of drug-likeness (QED) is 0.731. The van der Waals surface area contributed by atoms with Crippen LogP contribution in [0.15, 0.2) is 36.5 Å². The number of carbonyl (C=O) groups is 1. The standard InChI is InChI=1S/C13H15N5OS/c1-18-11(12(14)19)10(8-16-18)17-13(20)15-7-9-5-3-2-4-6-9/h2-6,8H,7H2,1H3,(H2,14,19)(H2,15,17,20). The highest BCUT2D eigenvalue weighted by molar-refractivity contribution is 7.80. The lowest BCUT2D eigenvalue weighted by molar-refractivity contribution is 0.0992. The van der Waals surface area contributed by atoms with Gasteiger partial charge in [0.25, 0.3) is 5.91 Å². The molecule has 1 aromatic heterocycles. The normalized spacial score (nSPS) is 10.1. The van der Waals surface area contributed by atoms with Gasteiger partial charge >= 0.3 is 0 Å². The van der Waals surface area contributed by atoms with Crippen molar-refractivity contribution >= 4 is 28.9 Å². The molecule has 0 aliphatic heterocycles. The first-order valence-electron chi connectivity index (χ1n) is 5.98. The Kier molecular flexibility index (Phi) is 4.31. The Balaban J connectivity index is 1.97. The van der Waals surface area contributed by atoms with Gasteiger partial charge in [0.05, 0.1) is 11.9 Å². The van der Waals surface area contributed by atoms with E-state index in [1.807, 2.05) is 30.3 Å². The lowest BCUT2D eigenvalue weighted by Gasteiger charge is -2.10. The molecule has 104 valence electrons. The molecular formula is C13H15N5OS. The Labute approximate surface area is 122 Å². The number of nitrogens with zero attached hydrogens (tertiary/aromatic N) is 2. The topological polar surface area (TPSA) is 85.0 Å². The largest absolute Gasteiger partial charge is 0.364 e. The van der Waals surface area contributed by atoms with Crippen molar-refractivity contribution in [2.45, 2.75) is 6.54 Å². The predicted molar refractivity (Wildman–Crippen MR) is 81.2 cm³/mol. The molecule has 0 atom stereocenters. The fourth-order valence-electron chi connectivity index (χ4n) is 1.77. The summed E-state index contributed by atoms with van der Waals surface area (Å²) in [6.45, 7) is 0.596. The molecule has 0 fully saturated rings. The number of aromatic nitrogens is 2. The Morgan fingerprint density at radius 2 is 2.10 bits per heavy atom. The van der Waals surface area contributed by atoms with E-state index in [2.05, 4.69) is 15.7 Å². The number of hydrogen-bond acceptors (Lipinski definition) is 3. The van der Waals surface area contributed by atoms with Gasteiger partial charge in [-0.3, -0.25) is 9.48 Å². The summed E-state index contributed by atoms with van der Waals surface area (Å²) < 4.78 is 1.41. The number of benzene rings is 1. The maximum Gasteiger partial charge on any atom is 0.269 e. The van der Waals surface area contributed by atoms with Crippen LogP contribution in [0.3, 0.4) is 0 Å². The van der Waals surface area contributed by atoms with E-state index < -0.39 is 5.91 Å². The molecule has 0 unspecified atom stereocenters. The van der Waals surface area contributed by atoms with Crippen LogP contribution in [0.4, 0.5) is 5.69 Å². The summed E-state index contributed by atoms with van der Waals surface area (Å²) in [5.74, 6) is -0.557. The Hall–Kier alpha value is -2.41. The highest BCUT2D eigenvalue weighted by Crippen LogP contribution is 2.13. The van der Waals surface area contributed by atoms with Crippen LogP contribution < -0.4 is 16.4 Å². The van der Waals surface area contributed by atoms with Crippen LogP contribution >= 0.6 is 12.2 Å². The minimum atomic E-state index is -0.557. The molecule has 2 rings (SSSR count). The van der Waals surface area contributed by atoms with Crippen LogP contribution in [0.5, 0.6) is 0 Å². The third-order valence-corrected chi connectivity index (χ3v) is 2.96. The smallest absolute Gasteiger partial charge is 0.269 e. The molecule has 4 N–H and O–H groups in total. The number of thiocarbonyl (C=S) groups is 1. The van der Waals surface area contributed by atoms with E-state index in [-0.39, 0.29) is 5.69 Å². The molecule has 6 nitrogen and oxygen atoms in total. The van der Waals surface area contributed by atoms with Gasteiger partial charge in [-0.15, -0.1) is 0 Å². The molecule has 0 saturated heterocycles. The third-order valence-electron chi connectivity index (χ3n) is 2.72. The Bertz CT molecular complexity index is 623. The lowest BCUT2D eigenvalue weighted by atomic mass is 10.2. The van der Waals surface area contributed by atoms with Gasteiger partial charge in [-0.25, -0.2) is 0 Å². The van der Waals surface area contributed by atoms with E-state index in [0.717, 1.165) is 5.56 Å². The average Bonchev–Trinajstić information content (AvgIpc) is 2.78. The van der Waals surface area contributed by atoms with E-state index in [0.29, 0.717) is 17.3 Å². The second-order valence-corrected chi connectivity index (χ2v) is 4.60. The SMILES string of the molecule is Cn1ncc(NC(=S)NCc2ccccc2)c1C(N)=O. The number of hydrogen-bond donors (Lipinski definition) is 3. The highest BCUT2D eigenvalue weighted by atomic mass is 32.1. The number of amides is 1. The van der Waals surface area contributed by atoms with Crippen LogP contribution in [0.1, 0.15) is 16.1 Å². The molecule has 0 radical (unpaired) electrons. The van der Waals surface area contributed by atoms with E-state index in [9.17, 15) is 4.79 Å². The number of aryl methyl sites for hydroxylation is 1. The number of nitrogens with one attached hydrogen (secondary N) is 2. The minimum absolute atomic E-state index is 0.286. The minimum Gasteiger partial charge on any atom is -0.364 e. The van der Waals surface area contributed by atoms with Crippen LogP contribution in [-0.4, -0.2) is 20.8 Å². The van der Waals surface area contributed by atoms with E-state index in [1.54, 1.807) is 7.05 Å². The summed E-state index contributed by atoms with van der Waals surface area (Å²) in [6, 6.07) is 9.86. The number of rotatable bonds is 4. The van der Waals surface area contributed by atoms with Gasteiger partial charge < -0.3 is 16.4 Å². The maximum absolute atomic E-state index is 11.3. The van der Waals surface area contributed by atoms with Crippen molar-refractivity contribution in [2.75, 3.05) is 5.32 Å². The zero-order chi connectivity index (χ0) is 14.5.